The van der Waals surface area contributed by atoms with Crippen LogP contribution in [-0.2, 0) is 4.79 Å². The van der Waals surface area contributed by atoms with Gasteiger partial charge in [0, 0.05) is 49.7 Å². The van der Waals surface area contributed by atoms with E-state index < -0.39 is 12.0 Å². The van der Waals surface area contributed by atoms with Gasteiger partial charge in [0.25, 0.3) is 0 Å². The number of aliphatic carboxylic acids is 1. The number of aromatic nitrogens is 2. The number of carboxylic acid groups (broad SMARTS) is 1. The van der Waals surface area contributed by atoms with E-state index in [4.69, 9.17) is 5.10 Å². The minimum Gasteiger partial charge on any atom is -0.480 e. The number of anilines is 1. The molecule has 29 heavy (non-hydrogen) atoms. The van der Waals surface area contributed by atoms with Crippen molar-refractivity contribution in [3.05, 3.63) is 48.3 Å². The first kappa shape index (κ1) is 19.1. The Kier molecular flexibility index (Phi) is 5.26. The van der Waals surface area contributed by atoms with E-state index in [9.17, 15) is 14.3 Å². The van der Waals surface area contributed by atoms with Gasteiger partial charge in [0.1, 0.15) is 23.4 Å². The van der Waals surface area contributed by atoms with Crippen molar-refractivity contribution in [2.45, 2.75) is 12.5 Å². The zero-order valence-electron chi connectivity index (χ0n) is 15.9. The number of piperazine rings is 1. The van der Waals surface area contributed by atoms with E-state index in [1.807, 2.05) is 11.0 Å². The summed E-state index contributed by atoms with van der Waals surface area (Å²) in [5, 5.41) is 17.2. The summed E-state index contributed by atoms with van der Waals surface area (Å²) < 4.78 is 15.2. The Bertz CT molecular complexity index is 993. The molecule has 0 aliphatic carbocycles. The van der Waals surface area contributed by atoms with Gasteiger partial charge >= 0.3 is 5.97 Å². The van der Waals surface area contributed by atoms with Gasteiger partial charge in [0.2, 0.25) is 0 Å². The van der Waals surface area contributed by atoms with E-state index in [2.05, 4.69) is 16.9 Å². The summed E-state index contributed by atoms with van der Waals surface area (Å²) in [6.07, 6.45) is 6.09. The summed E-state index contributed by atoms with van der Waals surface area (Å²) in [5.41, 5.74) is 3.48. The van der Waals surface area contributed by atoms with Crippen LogP contribution in [0.25, 0.3) is 23.0 Å². The van der Waals surface area contributed by atoms with Gasteiger partial charge in [0.05, 0.1) is 0 Å². The minimum atomic E-state index is -0.885. The van der Waals surface area contributed by atoms with Crippen LogP contribution in [-0.4, -0.2) is 59.3 Å². The zero-order valence-corrected chi connectivity index (χ0v) is 15.9. The molecule has 1 saturated heterocycles. The van der Waals surface area contributed by atoms with Crippen LogP contribution in [0, 0.1) is 5.82 Å². The molecule has 3 heterocycles. The number of benzene rings is 1. The molecule has 1 aromatic heterocycles. The Labute approximate surface area is 167 Å². The number of aliphatic imine (C=N–C) groups is 1. The zero-order chi connectivity index (χ0) is 20.4. The lowest BCUT2D eigenvalue weighted by atomic mass is 9.96. The summed E-state index contributed by atoms with van der Waals surface area (Å²) >= 11 is 0. The Balaban J connectivity index is 1.88. The van der Waals surface area contributed by atoms with E-state index in [1.54, 1.807) is 29.2 Å². The summed E-state index contributed by atoms with van der Waals surface area (Å²) in [5.74, 6) is -0.397. The summed E-state index contributed by atoms with van der Waals surface area (Å²) in [4.78, 5) is 17.8. The first-order valence-electron chi connectivity index (χ1n) is 9.50. The number of carboxylic acids is 1. The predicted octanol–water partition coefficient (Wildman–Crippen LogP) is 2.51. The van der Waals surface area contributed by atoms with Crippen molar-refractivity contribution >= 4 is 29.8 Å². The fourth-order valence-electron chi connectivity index (χ4n) is 3.76. The van der Waals surface area contributed by atoms with Gasteiger partial charge in [-0.1, -0.05) is 6.58 Å². The third-order valence-corrected chi connectivity index (χ3v) is 5.16. The Hall–Kier alpha value is -3.26. The molecule has 1 aromatic carbocycles. The smallest absolute Gasteiger partial charge is 0.322 e. The molecular weight excluding hydrogens is 373 g/mol. The molecule has 0 amide bonds. The van der Waals surface area contributed by atoms with Crippen LogP contribution in [0.5, 0.6) is 0 Å². The van der Waals surface area contributed by atoms with E-state index in [0.29, 0.717) is 31.9 Å². The average Bonchev–Trinajstić information content (AvgIpc) is 3.14. The summed E-state index contributed by atoms with van der Waals surface area (Å²) in [6.45, 7) is 6.06. The predicted molar refractivity (Wildman–Crippen MR) is 112 cm³/mol. The number of rotatable bonds is 5. The van der Waals surface area contributed by atoms with Gasteiger partial charge in [-0.2, -0.15) is 5.10 Å². The number of hydrogen-bond acceptors (Lipinski definition) is 5. The molecule has 0 radical (unpaired) electrons. The van der Waals surface area contributed by atoms with Crippen LogP contribution in [0.2, 0.25) is 0 Å². The van der Waals surface area contributed by atoms with Gasteiger partial charge in [-0.25, -0.2) is 9.07 Å². The highest BCUT2D eigenvalue weighted by Gasteiger charge is 2.31. The molecule has 0 saturated carbocycles. The van der Waals surface area contributed by atoms with Crippen molar-refractivity contribution in [3.63, 3.8) is 0 Å². The molecule has 7 nitrogen and oxygen atoms in total. The SMILES string of the molecule is C=Cn1nc(-c2ccc(F)cc2)c(C2=CC=NCC2)c1N1CCNC(C(=O)O)C1. The van der Waals surface area contributed by atoms with Crippen LogP contribution in [0.4, 0.5) is 10.2 Å². The number of dihydropyridines is 1. The largest absolute Gasteiger partial charge is 0.480 e. The Morgan fingerprint density at radius 1 is 1.34 bits per heavy atom. The molecule has 2 aliphatic rings. The lowest BCUT2D eigenvalue weighted by Crippen LogP contribution is -2.54. The third-order valence-electron chi connectivity index (χ3n) is 5.16. The fourth-order valence-corrected chi connectivity index (χ4v) is 3.76. The number of hydrogen-bond donors (Lipinski definition) is 2. The highest BCUT2D eigenvalue weighted by Crippen LogP contribution is 2.39. The van der Waals surface area contributed by atoms with Crippen molar-refractivity contribution in [2.75, 3.05) is 31.1 Å². The highest BCUT2D eigenvalue weighted by atomic mass is 19.1. The molecule has 1 unspecified atom stereocenters. The second-order valence-corrected chi connectivity index (χ2v) is 6.97. The molecule has 0 spiro atoms. The van der Waals surface area contributed by atoms with Gasteiger partial charge < -0.3 is 15.3 Å². The average molecular weight is 395 g/mol. The summed E-state index contributed by atoms with van der Waals surface area (Å²) in [6, 6.07) is 5.56. The number of halogens is 1. The van der Waals surface area contributed by atoms with E-state index in [1.165, 1.54) is 12.1 Å². The molecule has 2 aromatic rings. The number of nitrogens with one attached hydrogen (secondary N) is 1. The molecule has 8 heteroatoms. The number of nitrogens with zero attached hydrogens (tertiary/aromatic N) is 4. The standard InChI is InChI=1S/C21H22FN5O2/c1-2-27-20(26-12-11-24-17(13-26)21(28)29)18(14-7-9-23-10-8-14)19(25-27)15-3-5-16(22)6-4-15/h2-7,9,17,24H,1,8,10-13H2,(H,28,29). The molecule has 2 N–H and O–H groups in total. The van der Waals surface area contributed by atoms with Crippen LogP contribution in [0.15, 0.2) is 41.9 Å². The second kappa shape index (κ2) is 8.00. The Morgan fingerprint density at radius 3 is 2.79 bits per heavy atom. The summed E-state index contributed by atoms with van der Waals surface area (Å²) in [7, 11) is 0. The maximum absolute atomic E-state index is 13.5. The molecule has 1 fully saturated rings. The topological polar surface area (TPSA) is 82.8 Å². The molecule has 2 aliphatic heterocycles. The first-order chi connectivity index (χ1) is 14.1. The maximum Gasteiger partial charge on any atom is 0.322 e. The molecule has 0 bridgehead atoms. The van der Waals surface area contributed by atoms with Crippen molar-refractivity contribution in [3.8, 4) is 11.3 Å². The van der Waals surface area contributed by atoms with E-state index in [-0.39, 0.29) is 5.82 Å². The normalized spacial score (nSPS) is 19.1. The van der Waals surface area contributed by atoms with Crippen molar-refractivity contribution < 1.29 is 14.3 Å². The van der Waals surface area contributed by atoms with Gasteiger partial charge in [-0.05, 0) is 42.3 Å². The molecule has 1 atom stereocenters. The lowest BCUT2D eigenvalue weighted by molar-refractivity contribution is -0.139. The number of carbonyl (C=O) groups is 1. The van der Waals surface area contributed by atoms with Crippen LogP contribution < -0.4 is 10.2 Å². The van der Waals surface area contributed by atoms with Gasteiger partial charge in [-0.3, -0.25) is 9.79 Å². The van der Waals surface area contributed by atoms with E-state index >= 15 is 0 Å². The van der Waals surface area contributed by atoms with Gasteiger partial charge in [0.15, 0.2) is 0 Å². The van der Waals surface area contributed by atoms with Crippen molar-refractivity contribution in [2.24, 2.45) is 4.99 Å². The fraction of sp³-hybridized carbons (Fsp3) is 0.286. The quantitative estimate of drug-likeness (QED) is 0.813. The molecular formula is C21H22FN5O2. The van der Waals surface area contributed by atoms with Crippen molar-refractivity contribution in [1.82, 2.24) is 15.1 Å². The van der Waals surface area contributed by atoms with Crippen molar-refractivity contribution in [1.29, 1.82) is 0 Å². The Morgan fingerprint density at radius 2 is 2.14 bits per heavy atom. The minimum absolute atomic E-state index is 0.311. The second-order valence-electron chi connectivity index (χ2n) is 6.97. The third kappa shape index (κ3) is 3.71. The van der Waals surface area contributed by atoms with E-state index in [0.717, 1.165) is 28.9 Å². The molecule has 150 valence electrons. The number of allylic oxidation sites excluding steroid dienone is 1. The van der Waals surface area contributed by atoms with Crippen LogP contribution in [0.3, 0.4) is 0 Å². The first-order valence-corrected chi connectivity index (χ1v) is 9.50. The molecule has 4 rings (SSSR count). The monoisotopic (exact) mass is 395 g/mol. The van der Waals surface area contributed by atoms with Crippen LogP contribution >= 0.6 is 0 Å². The highest BCUT2D eigenvalue weighted by molar-refractivity contribution is 5.94. The maximum atomic E-state index is 13.5. The van der Waals surface area contributed by atoms with Gasteiger partial charge in [-0.15, -0.1) is 0 Å². The van der Waals surface area contributed by atoms with Crippen LogP contribution in [0.1, 0.15) is 12.0 Å². The lowest BCUT2D eigenvalue weighted by Gasteiger charge is -2.34.